The number of nitrogens with zero attached hydrogens (tertiary/aromatic N) is 1. The lowest BCUT2D eigenvalue weighted by molar-refractivity contribution is -0.132. The second-order valence-electron chi connectivity index (χ2n) is 9.37. The highest BCUT2D eigenvalue weighted by Gasteiger charge is 2.32. The monoisotopic (exact) mass is 530 g/mol. The smallest absolute Gasteiger partial charge is 0.287 e. The van der Waals surface area contributed by atoms with Gasteiger partial charge in [-0.15, -0.1) is 0 Å². The van der Waals surface area contributed by atoms with Crippen LogP contribution in [0.2, 0.25) is 0 Å². The van der Waals surface area contributed by atoms with Gasteiger partial charge in [-0.1, -0.05) is 37.3 Å². The Morgan fingerprint density at radius 2 is 1.82 bits per heavy atom. The van der Waals surface area contributed by atoms with Crippen LogP contribution in [-0.2, 0) is 24.4 Å². The van der Waals surface area contributed by atoms with Crippen molar-refractivity contribution >= 4 is 11.8 Å². The minimum Gasteiger partial charge on any atom is -0.486 e. The van der Waals surface area contributed by atoms with Crippen molar-refractivity contribution in [2.75, 3.05) is 6.54 Å². The van der Waals surface area contributed by atoms with Gasteiger partial charge in [0, 0.05) is 19.5 Å². The number of hydrogen-bond acceptors (Lipinski definition) is 4. The van der Waals surface area contributed by atoms with Crippen LogP contribution in [0, 0.1) is 11.6 Å². The third kappa shape index (κ3) is 6.00. The number of hydrogen-bond donors (Lipinski definition) is 1. The van der Waals surface area contributed by atoms with Crippen molar-refractivity contribution in [1.29, 1.82) is 0 Å². The van der Waals surface area contributed by atoms with Gasteiger partial charge in [-0.2, -0.15) is 0 Å². The summed E-state index contributed by atoms with van der Waals surface area (Å²) in [6.45, 7) is 2.71. The Morgan fingerprint density at radius 3 is 2.59 bits per heavy atom. The molecule has 1 aromatic heterocycles. The highest BCUT2D eigenvalue weighted by Crippen LogP contribution is 2.38. The molecule has 2 heterocycles. The molecule has 0 saturated carbocycles. The number of carbonyl (C=O) groups is 2. The van der Waals surface area contributed by atoms with Crippen LogP contribution >= 0.6 is 0 Å². The van der Waals surface area contributed by atoms with Crippen LogP contribution in [0.15, 0.2) is 83.3 Å². The first-order chi connectivity index (χ1) is 18.9. The summed E-state index contributed by atoms with van der Waals surface area (Å²) in [5.74, 6) is 0.0899. The van der Waals surface area contributed by atoms with Crippen LogP contribution in [0.3, 0.4) is 0 Å². The average Bonchev–Trinajstić information content (AvgIpc) is 3.43. The standard InChI is InChI=1S/C31H28F2N2O4/c1-2-29(36)35-15-14-21-8-11-25(17-27(21)30(35)22-4-3-5-24(33)16-22)38-19-26-12-13-28(39-26)31(37)34-18-20-6-9-23(32)10-7-20/h3-13,16-17,30H,2,14-15,18-19H2,1H3,(H,34,37)/t30-/m0/s1. The van der Waals surface area contributed by atoms with Gasteiger partial charge in [0.1, 0.15) is 29.8 Å². The van der Waals surface area contributed by atoms with Crippen LogP contribution < -0.4 is 10.1 Å². The van der Waals surface area contributed by atoms with Crippen molar-refractivity contribution in [3.05, 3.63) is 124 Å². The first-order valence-electron chi connectivity index (χ1n) is 12.8. The topological polar surface area (TPSA) is 71.8 Å². The molecule has 6 nitrogen and oxygen atoms in total. The Balaban J connectivity index is 1.29. The molecule has 0 saturated heterocycles. The van der Waals surface area contributed by atoms with Gasteiger partial charge < -0.3 is 19.4 Å². The van der Waals surface area contributed by atoms with Gasteiger partial charge >= 0.3 is 0 Å². The molecule has 4 aromatic rings. The van der Waals surface area contributed by atoms with Gasteiger partial charge in [-0.05, 0) is 77.2 Å². The van der Waals surface area contributed by atoms with E-state index < -0.39 is 11.9 Å². The predicted molar refractivity (Wildman–Crippen MR) is 141 cm³/mol. The molecule has 1 N–H and O–H groups in total. The number of rotatable bonds is 8. The van der Waals surface area contributed by atoms with Crippen LogP contribution in [-0.4, -0.2) is 23.3 Å². The zero-order chi connectivity index (χ0) is 27.4. The van der Waals surface area contributed by atoms with E-state index in [9.17, 15) is 18.4 Å². The number of halogens is 2. The fourth-order valence-electron chi connectivity index (χ4n) is 4.79. The maximum Gasteiger partial charge on any atom is 0.287 e. The summed E-state index contributed by atoms with van der Waals surface area (Å²) in [5, 5.41) is 2.74. The molecule has 2 amide bonds. The van der Waals surface area contributed by atoms with Gasteiger partial charge in [0.05, 0.1) is 6.04 Å². The number of amides is 2. The van der Waals surface area contributed by atoms with E-state index in [4.69, 9.17) is 9.15 Å². The number of benzene rings is 3. The minimum absolute atomic E-state index is 0.00190. The van der Waals surface area contributed by atoms with E-state index in [1.807, 2.05) is 31.2 Å². The molecule has 1 aliphatic rings. The molecule has 0 bridgehead atoms. The van der Waals surface area contributed by atoms with Crippen molar-refractivity contribution in [3.8, 4) is 5.75 Å². The van der Waals surface area contributed by atoms with E-state index in [-0.39, 0.29) is 36.5 Å². The summed E-state index contributed by atoms with van der Waals surface area (Å²) in [6.07, 6.45) is 1.05. The molecule has 0 spiro atoms. The van der Waals surface area contributed by atoms with Gasteiger partial charge in [0.2, 0.25) is 5.91 Å². The Hall–Kier alpha value is -4.46. The number of nitrogens with one attached hydrogen (secondary N) is 1. The number of fused-ring (bicyclic) bond motifs is 1. The molecule has 39 heavy (non-hydrogen) atoms. The summed E-state index contributed by atoms with van der Waals surface area (Å²) < 4.78 is 38.8. The van der Waals surface area contributed by atoms with E-state index in [0.29, 0.717) is 36.5 Å². The summed E-state index contributed by atoms with van der Waals surface area (Å²) in [6, 6.07) is 20.8. The highest BCUT2D eigenvalue weighted by atomic mass is 19.1. The van der Waals surface area contributed by atoms with Crippen molar-refractivity contribution in [1.82, 2.24) is 10.2 Å². The fourth-order valence-corrected chi connectivity index (χ4v) is 4.79. The third-order valence-electron chi connectivity index (χ3n) is 6.77. The quantitative estimate of drug-likeness (QED) is 0.306. The van der Waals surface area contributed by atoms with Crippen molar-refractivity contribution in [3.63, 3.8) is 0 Å². The molecule has 8 heteroatoms. The molecule has 3 aromatic carbocycles. The summed E-state index contributed by atoms with van der Waals surface area (Å²) in [5.41, 5.74) is 3.45. The number of ether oxygens (including phenoxy) is 1. The molecule has 5 rings (SSSR count). The second kappa shape index (κ2) is 11.5. The number of carbonyl (C=O) groups excluding carboxylic acids is 2. The Labute approximate surface area is 225 Å². The fraction of sp³-hybridized carbons (Fsp3) is 0.226. The number of furan rings is 1. The zero-order valence-corrected chi connectivity index (χ0v) is 21.5. The van der Waals surface area contributed by atoms with Crippen molar-refractivity contribution in [2.45, 2.75) is 39.0 Å². The molecule has 1 aliphatic heterocycles. The highest BCUT2D eigenvalue weighted by molar-refractivity contribution is 5.91. The van der Waals surface area contributed by atoms with E-state index in [2.05, 4.69) is 5.32 Å². The maximum atomic E-state index is 14.1. The average molecular weight is 531 g/mol. The second-order valence-corrected chi connectivity index (χ2v) is 9.37. The maximum absolute atomic E-state index is 14.1. The third-order valence-corrected chi connectivity index (χ3v) is 6.77. The van der Waals surface area contributed by atoms with Crippen LogP contribution in [0.4, 0.5) is 8.78 Å². The minimum atomic E-state index is -0.416. The summed E-state index contributed by atoms with van der Waals surface area (Å²) >= 11 is 0. The lowest BCUT2D eigenvalue weighted by Gasteiger charge is -2.38. The van der Waals surface area contributed by atoms with E-state index in [1.54, 1.807) is 35.2 Å². The normalized spacial score (nSPS) is 14.5. The van der Waals surface area contributed by atoms with E-state index >= 15 is 0 Å². The Morgan fingerprint density at radius 1 is 1.00 bits per heavy atom. The van der Waals surface area contributed by atoms with Crippen molar-refractivity contribution < 1.29 is 27.5 Å². The predicted octanol–water partition coefficient (Wildman–Crippen LogP) is 5.95. The van der Waals surface area contributed by atoms with Crippen LogP contribution in [0.1, 0.15) is 58.0 Å². The Bertz CT molecular complexity index is 1480. The SMILES string of the molecule is CCC(=O)N1CCc2ccc(OCc3ccc(C(=O)NCc4ccc(F)cc4)o3)cc2[C@@H]1c1cccc(F)c1. The largest absolute Gasteiger partial charge is 0.486 e. The molecule has 1 atom stereocenters. The molecular formula is C31H28F2N2O4. The lowest BCUT2D eigenvalue weighted by atomic mass is 9.87. The molecule has 0 unspecified atom stereocenters. The first-order valence-corrected chi connectivity index (χ1v) is 12.8. The van der Waals surface area contributed by atoms with E-state index in [0.717, 1.165) is 16.7 Å². The molecule has 200 valence electrons. The van der Waals surface area contributed by atoms with Crippen LogP contribution in [0.5, 0.6) is 5.75 Å². The molecular weight excluding hydrogens is 502 g/mol. The molecule has 0 radical (unpaired) electrons. The first kappa shape index (κ1) is 26.2. The zero-order valence-electron chi connectivity index (χ0n) is 21.5. The summed E-state index contributed by atoms with van der Waals surface area (Å²) in [4.78, 5) is 27.0. The van der Waals surface area contributed by atoms with Gasteiger partial charge in [-0.25, -0.2) is 8.78 Å². The van der Waals surface area contributed by atoms with Gasteiger partial charge in [0.15, 0.2) is 5.76 Å². The van der Waals surface area contributed by atoms with Crippen LogP contribution in [0.25, 0.3) is 0 Å². The van der Waals surface area contributed by atoms with Gasteiger partial charge in [0.25, 0.3) is 5.91 Å². The molecule has 0 aliphatic carbocycles. The Kier molecular flexibility index (Phi) is 7.72. The molecule has 0 fully saturated rings. The lowest BCUT2D eigenvalue weighted by Crippen LogP contribution is -2.40. The van der Waals surface area contributed by atoms with Gasteiger partial charge in [-0.3, -0.25) is 9.59 Å². The van der Waals surface area contributed by atoms with Crippen molar-refractivity contribution in [2.24, 2.45) is 0 Å². The summed E-state index contributed by atoms with van der Waals surface area (Å²) in [7, 11) is 0. The van der Waals surface area contributed by atoms with E-state index in [1.165, 1.54) is 24.3 Å².